The lowest BCUT2D eigenvalue weighted by molar-refractivity contribution is 1.21. The fraction of sp³-hybridized carbons (Fsp3) is 0.0645. The van der Waals surface area contributed by atoms with Crippen LogP contribution in [0.1, 0.15) is 22.3 Å². The van der Waals surface area contributed by atoms with Gasteiger partial charge >= 0.3 is 0 Å². The lowest BCUT2D eigenvalue weighted by atomic mass is 9.94. The molecule has 4 heterocycles. The maximum absolute atomic E-state index is 5.15. The van der Waals surface area contributed by atoms with Gasteiger partial charge in [-0.25, -0.2) is 4.98 Å². The fourth-order valence-electron chi connectivity index (χ4n) is 6.47. The standard InChI is InChI=1S/C31H18N4/c1-2-5-21-17(4-1)12-19-14-20-13-18-7-8-22-29(28(18)24(20)15-23(19)21)31-34-25-9-11-32-16-27(25)35(31)26-6-3-10-33-30(22)26/h1-11,14-16H,12-13H2. The fourth-order valence-corrected chi connectivity index (χ4v) is 6.47. The molecule has 0 bridgehead atoms. The summed E-state index contributed by atoms with van der Waals surface area (Å²) in [6, 6.07) is 24.4. The van der Waals surface area contributed by atoms with E-state index in [0.29, 0.717) is 0 Å². The van der Waals surface area contributed by atoms with Crippen LogP contribution in [0.15, 0.2) is 85.3 Å². The van der Waals surface area contributed by atoms with E-state index >= 15 is 0 Å². The van der Waals surface area contributed by atoms with E-state index in [1.165, 1.54) is 49.9 Å². The van der Waals surface area contributed by atoms with Crippen molar-refractivity contribution in [1.82, 2.24) is 19.4 Å². The topological polar surface area (TPSA) is 43.1 Å². The number of benzene rings is 3. The number of hydrogen-bond acceptors (Lipinski definition) is 3. The van der Waals surface area contributed by atoms with E-state index in [4.69, 9.17) is 9.97 Å². The quantitative estimate of drug-likeness (QED) is 0.243. The van der Waals surface area contributed by atoms with Crippen molar-refractivity contribution in [3.63, 3.8) is 0 Å². The molecule has 0 atom stereocenters. The average Bonchev–Trinajstić information content (AvgIpc) is 3.58. The molecule has 0 fully saturated rings. The summed E-state index contributed by atoms with van der Waals surface area (Å²) < 4.78 is 2.24. The monoisotopic (exact) mass is 446 g/mol. The average molecular weight is 447 g/mol. The summed E-state index contributed by atoms with van der Waals surface area (Å²) in [6.07, 6.45) is 7.59. The number of nitrogens with zero attached hydrogens (tertiary/aromatic N) is 4. The zero-order valence-electron chi connectivity index (χ0n) is 18.8. The first-order valence-corrected chi connectivity index (χ1v) is 12.0. The van der Waals surface area contributed by atoms with Gasteiger partial charge in [-0.2, -0.15) is 0 Å². The van der Waals surface area contributed by atoms with E-state index in [2.05, 4.69) is 64.0 Å². The molecule has 9 rings (SSSR count). The zero-order chi connectivity index (χ0) is 22.7. The summed E-state index contributed by atoms with van der Waals surface area (Å²) in [6.45, 7) is 0. The van der Waals surface area contributed by atoms with Crippen molar-refractivity contribution in [1.29, 1.82) is 0 Å². The van der Waals surface area contributed by atoms with Gasteiger partial charge in [0.05, 0.1) is 28.3 Å². The normalized spacial score (nSPS) is 13.5. The Labute approximate surface area is 200 Å². The number of hydrogen-bond donors (Lipinski definition) is 0. The van der Waals surface area contributed by atoms with Crippen LogP contribution in [0, 0.1) is 0 Å². The van der Waals surface area contributed by atoms with Crippen molar-refractivity contribution < 1.29 is 0 Å². The Bertz CT molecular complexity index is 2070. The van der Waals surface area contributed by atoms with Gasteiger partial charge in [-0.1, -0.05) is 42.5 Å². The minimum Gasteiger partial charge on any atom is -0.289 e. The van der Waals surface area contributed by atoms with E-state index in [-0.39, 0.29) is 0 Å². The highest BCUT2D eigenvalue weighted by Crippen LogP contribution is 2.48. The Kier molecular flexibility index (Phi) is 3.11. The van der Waals surface area contributed by atoms with Crippen LogP contribution >= 0.6 is 0 Å². The highest BCUT2D eigenvalue weighted by molar-refractivity contribution is 6.18. The molecule has 0 saturated heterocycles. The molecule has 4 nitrogen and oxygen atoms in total. The lowest BCUT2D eigenvalue weighted by Crippen LogP contribution is -1.95. The van der Waals surface area contributed by atoms with E-state index in [9.17, 15) is 0 Å². The van der Waals surface area contributed by atoms with Crippen LogP contribution in [-0.4, -0.2) is 19.4 Å². The minimum absolute atomic E-state index is 0.955. The second-order valence-electron chi connectivity index (χ2n) is 9.71. The SMILES string of the molecule is c1ccc2c(c1)Cc1cc3c(cc1-2)-c1c(ccc2c4ncccc4n4c5cnccc5nc4c12)C3. The summed E-state index contributed by atoms with van der Waals surface area (Å²) in [5, 5.41) is 2.35. The predicted molar refractivity (Wildman–Crippen MR) is 140 cm³/mol. The molecule has 0 N–H and O–H groups in total. The first-order valence-electron chi connectivity index (χ1n) is 12.0. The van der Waals surface area contributed by atoms with E-state index in [0.717, 1.165) is 45.9 Å². The van der Waals surface area contributed by atoms with Gasteiger partial charge in [0.25, 0.3) is 0 Å². The molecule has 162 valence electrons. The van der Waals surface area contributed by atoms with Crippen LogP contribution in [-0.2, 0) is 12.8 Å². The summed E-state index contributed by atoms with van der Waals surface area (Å²) in [4.78, 5) is 14.4. The molecule has 2 aliphatic rings. The third kappa shape index (κ3) is 2.15. The molecular weight excluding hydrogens is 428 g/mol. The molecule has 4 aromatic heterocycles. The summed E-state index contributed by atoms with van der Waals surface area (Å²) in [5.41, 5.74) is 16.0. The van der Waals surface area contributed by atoms with Crippen LogP contribution in [0.5, 0.6) is 0 Å². The molecular formula is C31H18N4. The Morgan fingerprint density at radius 1 is 0.686 bits per heavy atom. The second-order valence-corrected chi connectivity index (χ2v) is 9.71. The minimum atomic E-state index is 0.955. The van der Waals surface area contributed by atoms with Gasteiger partial charge in [0.15, 0.2) is 0 Å². The first kappa shape index (κ1) is 17.8. The van der Waals surface area contributed by atoms with Crippen LogP contribution in [0.2, 0.25) is 0 Å². The Hall–Kier alpha value is -4.57. The molecule has 35 heavy (non-hydrogen) atoms. The van der Waals surface area contributed by atoms with Gasteiger partial charge in [0.1, 0.15) is 5.65 Å². The third-order valence-electron chi connectivity index (χ3n) is 7.92. The molecule has 0 aliphatic heterocycles. The van der Waals surface area contributed by atoms with Crippen molar-refractivity contribution in [2.45, 2.75) is 12.8 Å². The van der Waals surface area contributed by atoms with Gasteiger partial charge in [-0.15, -0.1) is 0 Å². The summed E-state index contributed by atoms with van der Waals surface area (Å²) in [5.74, 6) is 0. The molecule has 0 unspecified atom stereocenters. The van der Waals surface area contributed by atoms with Gasteiger partial charge in [0, 0.05) is 23.2 Å². The van der Waals surface area contributed by atoms with Crippen LogP contribution in [0.4, 0.5) is 0 Å². The smallest absolute Gasteiger partial charge is 0.147 e. The van der Waals surface area contributed by atoms with E-state index in [1.807, 2.05) is 30.7 Å². The molecule has 0 spiro atoms. The first-order chi connectivity index (χ1) is 17.3. The molecule has 2 aliphatic carbocycles. The molecule has 7 aromatic rings. The molecule has 0 radical (unpaired) electrons. The summed E-state index contributed by atoms with van der Waals surface area (Å²) in [7, 11) is 0. The van der Waals surface area contributed by atoms with Crippen LogP contribution < -0.4 is 0 Å². The number of rotatable bonds is 0. The highest BCUT2D eigenvalue weighted by Gasteiger charge is 2.28. The zero-order valence-corrected chi connectivity index (χ0v) is 18.8. The van der Waals surface area contributed by atoms with Crippen molar-refractivity contribution in [2.75, 3.05) is 0 Å². The maximum Gasteiger partial charge on any atom is 0.147 e. The Morgan fingerprint density at radius 2 is 1.60 bits per heavy atom. The van der Waals surface area contributed by atoms with Gasteiger partial charge in [-0.05, 0) is 81.6 Å². The van der Waals surface area contributed by atoms with E-state index in [1.54, 1.807) is 0 Å². The van der Waals surface area contributed by atoms with Crippen LogP contribution in [0.3, 0.4) is 0 Å². The van der Waals surface area contributed by atoms with Gasteiger partial charge in [0.2, 0.25) is 0 Å². The van der Waals surface area contributed by atoms with Crippen molar-refractivity contribution >= 4 is 38.5 Å². The largest absolute Gasteiger partial charge is 0.289 e. The Morgan fingerprint density at radius 3 is 2.60 bits per heavy atom. The molecule has 0 amide bonds. The second kappa shape index (κ2) is 6.10. The Balaban J connectivity index is 1.48. The predicted octanol–water partition coefficient (Wildman–Crippen LogP) is 6.73. The van der Waals surface area contributed by atoms with Crippen molar-refractivity contribution in [3.8, 4) is 22.3 Å². The van der Waals surface area contributed by atoms with Gasteiger partial charge < -0.3 is 0 Å². The number of pyridine rings is 3. The molecule has 0 saturated carbocycles. The lowest BCUT2D eigenvalue weighted by Gasteiger charge is -2.13. The highest BCUT2D eigenvalue weighted by atomic mass is 15.0. The number of aromatic nitrogens is 4. The van der Waals surface area contributed by atoms with Gasteiger partial charge in [-0.3, -0.25) is 14.4 Å². The van der Waals surface area contributed by atoms with Crippen molar-refractivity contribution in [3.05, 3.63) is 108 Å². The number of fused-ring (bicyclic) bond motifs is 15. The number of imidazole rings is 1. The van der Waals surface area contributed by atoms with Crippen LogP contribution in [0.25, 0.3) is 60.7 Å². The maximum atomic E-state index is 5.15. The van der Waals surface area contributed by atoms with E-state index < -0.39 is 0 Å². The third-order valence-corrected chi connectivity index (χ3v) is 7.92. The molecule has 4 heteroatoms. The summed E-state index contributed by atoms with van der Waals surface area (Å²) >= 11 is 0. The molecule has 3 aromatic carbocycles. The van der Waals surface area contributed by atoms with Crippen molar-refractivity contribution in [2.24, 2.45) is 0 Å².